The van der Waals surface area contributed by atoms with E-state index in [0.717, 1.165) is 0 Å². The van der Waals surface area contributed by atoms with E-state index in [9.17, 15) is 0 Å². The summed E-state index contributed by atoms with van der Waals surface area (Å²) in [5, 5.41) is 7.56. The molecule has 1 heterocycles. The van der Waals surface area contributed by atoms with Crippen molar-refractivity contribution in [1.82, 2.24) is 4.90 Å². The molecule has 1 saturated heterocycles. The lowest BCUT2D eigenvalue weighted by Crippen LogP contribution is -2.47. The molecule has 1 saturated carbocycles. The third-order valence-corrected chi connectivity index (χ3v) is 3.85. The highest BCUT2D eigenvalue weighted by Crippen LogP contribution is 2.32. The van der Waals surface area contributed by atoms with Crippen LogP contribution in [0.4, 0.5) is 0 Å². The Morgan fingerprint density at radius 3 is 2.15 bits per heavy atom. The van der Waals surface area contributed by atoms with Crippen molar-refractivity contribution in [3.8, 4) is 0 Å². The van der Waals surface area contributed by atoms with Crippen LogP contribution in [0.25, 0.3) is 0 Å². The topological polar surface area (TPSA) is 53.1 Å². The summed E-state index contributed by atoms with van der Waals surface area (Å²) in [7, 11) is 0. The quantitative estimate of drug-likeness (QED) is 0.519. The summed E-state index contributed by atoms with van der Waals surface area (Å²) in [6, 6.07) is 1.16. The van der Waals surface area contributed by atoms with E-state index in [0.29, 0.717) is 18.0 Å². The molecular weight excluding hydrogens is 182 g/mol. The normalized spacial score (nSPS) is 24.3. The lowest BCUT2D eigenvalue weighted by molar-refractivity contribution is 0.280. The highest BCUT2D eigenvalue weighted by Gasteiger charge is 2.35. The third kappa shape index (κ3) is 2.10. The zero-order valence-corrected chi connectivity index (χ0v) is 8.65. The Morgan fingerprint density at radius 1 is 1.15 bits per heavy atom. The van der Waals surface area contributed by atoms with Gasteiger partial charge in [-0.2, -0.15) is 11.8 Å². The molecule has 4 heteroatoms. The number of nitrogens with zero attached hydrogens (tertiary/aromatic N) is 1. The van der Waals surface area contributed by atoms with Gasteiger partial charge in [0.05, 0.1) is 0 Å². The van der Waals surface area contributed by atoms with Gasteiger partial charge in [0, 0.05) is 12.1 Å². The number of guanidine groups is 1. The summed E-state index contributed by atoms with van der Waals surface area (Å²) in [5.41, 5.74) is 5.61. The molecule has 0 bridgehead atoms. The molecule has 0 aromatic heterocycles. The van der Waals surface area contributed by atoms with Gasteiger partial charge in [-0.3, -0.25) is 5.41 Å². The Bertz CT molecular complexity index is 197. The van der Waals surface area contributed by atoms with Gasteiger partial charge < -0.3 is 10.6 Å². The number of rotatable bonds is 2. The van der Waals surface area contributed by atoms with E-state index >= 15 is 0 Å². The van der Waals surface area contributed by atoms with Crippen molar-refractivity contribution < 1.29 is 0 Å². The molecule has 0 aromatic carbocycles. The van der Waals surface area contributed by atoms with Gasteiger partial charge in [0.15, 0.2) is 5.96 Å². The molecule has 0 radical (unpaired) electrons. The first-order chi connectivity index (χ1) is 6.29. The molecule has 3 N–H and O–H groups in total. The average molecular weight is 199 g/mol. The Hall–Kier alpha value is -0.380. The van der Waals surface area contributed by atoms with Crippen LogP contribution in [0.5, 0.6) is 0 Å². The van der Waals surface area contributed by atoms with Crippen molar-refractivity contribution in [3.05, 3.63) is 0 Å². The minimum absolute atomic E-state index is 0.291. The van der Waals surface area contributed by atoms with Crippen molar-refractivity contribution in [3.63, 3.8) is 0 Å². The van der Waals surface area contributed by atoms with Gasteiger partial charge >= 0.3 is 0 Å². The Labute approximate surface area is 83.6 Å². The number of nitrogens with two attached hydrogens (primary N) is 1. The van der Waals surface area contributed by atoms with Crippen molar-refractivity contribution in [2.75, 3.05) is 11.5 Å². The first kappa shape index (κ1) is 9.19. The van der Waals surface area contributed by atoms with Gasteiger partial charge in [0.2, 0.25) is 0 Å². The third-order valence-electron chi connectivity index (χ3n) is 2.80. The molecule has 3 nitrogen and oxygen atoms in total. The van der Waals surface area contributed by atoms with Gasteiger partial charge in [-0.1, -0.05) is 0 Å². The van der Waals surface area contributed by atoms with Gasteiger partial charge in [0.25, 0.3) is 0 Å². The summed E-state index contributed by atoms with van der Waals surface area (Å²) in [6.07, 6.45) is 4.90. The molecule has 13 heavy (non-hydrogen) atoms. The van der Waals surface area contributed by atoms with Crippen LogP contribution >= 0.6 is 11.8 Å². The predicted octanol–water partition coefficient (Wildman–Crippen LogP) is 1.24. The fraction of sp³-hybridized carbons (Fsp3) is 0.889. The van der Waals surface area contributed by atoms with Crippen LogP contribution < -0.4 is 5.73 Å². The van der Waals surface area contributed by atoms with E-state index < -0.39 is 0 Å². The molecule has 0 aromatic rings. The Kier molecular flexibility index (Phi) is 2.67. The van der Waals surface area contributed by atoms with Crippen molar-refractivity contribution in [1.29, 1.82) is 5.41 Å². The van der Waals surface area contributed by atoms with Gasteiger partial charge in [-0.25, -0.2) is 0 Å². The molecule has 2 aliphatic rings. The van der Waals surface area contributed by atoms with Crippen LogP contribution in [-0.4, -0.2) is 34.4 Å². The predicted molar refractivity (Wildman–Crippen MR) is 57.1 cm³/mol. The molecule has 1 aliphatic heterocycles. The van der Waals surface area contributed by atoms with Crippen LogP contribution in [0.3, 0.4) is 0 Å². The minimum Gasteiger partial charge on any atom is -0.370 e. The second kappa shape index (κ2) is 3.78. The van der Waals surface area contributed by atoms with E-state index in [1.807, 2.05) is 11.8 Å². The summed E-state index contributed by atoms with van der Waals surface area (Å²) in [5.74, 6) is 2.77. The van der Waals surface area contributed by atoms with Gasteiger partial charge in [-0.05, 0) is 37.2 Å². The van der Waals surface area contributed by atoms with Gasteiger partial charge in [-0.15, -0.1) is 0 Å². The van der Waals surface area contributed by atoms with Crippen molar-refractivity contribution in [2.24, 2.45) is 5.73 Å². The minimum atomic E-state index is 0.291. The van der Waals surface area contributed by atoms with Crippen LogP contribution in [0.1, 0.15) is 25.7 Å². The first-order valence-electron chi connectivity index (χ1n) is 4.99. The van der Waals surface area contributed by atoms with Crippen LogP contribution in [-0.2, 0) is 0 Å². The molecule has 0 atom stereocenters. The molecule has 0 spiro atoms. The Balaban J connectivity index is 1.96. The molecule has 1 aliphatic carbocycles. The van der Waals surface area contributed by atoms with E-state index in [2.05, 4.69) is 4.90 Å². The van der Waals surface area contributed by atoms with Gasteiger partial charge in [0.1, 0.15) is 0 Å². The van der Waals surface area contributed by atoms with Crippen LogP contribution in [0.15, 0.2) is 0 Å². The lowest BCUT2D eigenvalue weighted by atomic mass is 10.1. The maximum absolute atomic E-state index is 7.56. The maximum Gasteiger partial charge on any atom is 0.188 e. The highest BCUT2D eigenvalue weighted by atomic mass is 32.2. The van der Waals surface area contributed by atoms with E-state index in [4.69, 9.17) is 11.1 Å². The van der Waals surface area contributed by atoms with Crippen molar-refractivity contribution in [2.45, 2.75) is 37.8 Å². The summed E-state index contributed by atoms with van der Waals surface area (Å²) in [6.45, 7) is 0. The largest absolute Gasteiger partial charge is 0.370 e. The smallest absolute Gasteiger partial charge is 0.188 e. The number of hydrogen-bond donors (Lipinski definition) is 2. The Morgan fingerprint density at radius 2 is 1.69 bits per heavy atom. The maximum atomic E-state index is 7.56. The first-order valence-corrected chi connectivity index (χ1v) is 6.14. The van der Waals surface area contributed by atoms with E-state index in [1.165, 1.54) is 37.2 Å². The van der Waals surface area contributed by atoms with Crippen LogP contribution in [0, 0.1) is 5.41 Å². The highest BCUT2D eigenvalue weighted by molar-refractivity contribution is 7.99. The SMILES string of the molecule is N=C(N)N(C1CCSCC1)C1CC1. The molecular formula is C9H17N3S. The lowest BCUT2D eigenvalue weighted by Gasteiger charge is -2.34. The molecule has 74 valence electrons. The summed E-state index contributed by atoms with van der Waals surface area (Å²) < 4.78 is 0. The second-order valence-corrected chi connectivity index (χ2v) is 5.09. The van der Waals surface area contributed by atoms with E-state index in [-0.39, 0.29) is 0 Å². The van der Waals surface area contributed by atoms with Crippen LogP contribution in [0.2, 0.25) is 0 Å². The average Bonchev–Trinajstić information content (AvgIpc) is 2.90. The van der Waals surface area contributed by atoms with E-state index in [1.54, 1.807) is 0 Å². The molecule has 2 rings (SSSR count). The number of thioether (sulfide) groups is 1. The molecule has 2 fully saturated rings. The fourth-order valence-electron chi connectivity index (χ4n) is 2.01. The standard InChI is InChI=1S/C9H17N3S/c10-9(11)12(7-1-2-7)8-3-5-13-6-4-8/h7-8H,1-6H2,(H3,10,11). The second-order valence-electron chi connectivity index (χ2n) is 3.87. The fourth-order valence-corrected chi connectivity index (χ4v) is 3.09. The number of nitrogens with one attached hydrogen (secondary N) is 1. The molecule has 0 unspecified atom stereocenters. The summed E-state index contributed by atoms with van der Waals surface area (Å²) >= 11 is 2.02. The van der Waals surface area contributed by atoms with Crippen molar-refractivity contribution >= 4 is 17.7 Å². The zero-order valence-electron chi connectivity index (χ0n) is 7.83. The number of hydrogen-bond acceptors (Lipinski definition) is 2. The monoisotopic (exact) mass is 199 g/mol. The molecule has 0 amide bonds. The zero-order chi connectivity index (χ0) is 9.26. The summed E-state index contributed by atoms with van der Waals surface area (Å²) in [4.78, 5) is 2.15.